The summed E-state index contributed by atoms with van der Waals surface area (Å²) < 4.78 is 75.9. The lowest BCUT2D eigenvalue weighted by atomic mass is 10.2. The van der Waals surface area contributed by atoms with Crippen molar-refractivity contribution in [2.75, 3.05) is 0 Å². The lowest BCUT2D eigenvalue weighted by molar-refractivity contribution is 0.0960. The molecular weight excluding hydrogens is 266 g/mol. The van der Waals surface area contributed by atoms with Gasteiger partial charge < -0.3 is 0 Å². The predicted molar refractivity (Wildman–Crippen MR) is 44.2 cm³/mol. The normalized spacial score (nSPS) is 12.0. The maximum atomic E-state index is 12.8. The molecule has 0 heterocycles. The number of alkyl halides is 2. The molecule has 8 heteroatoms. The van der Waals surface area contributed by atoms with E-state index in [1.807, 2.05) is 0 Å². The monoisotopic (exact) mass is 266 g/mol. The van der Waals surface area contributed by atoms with Crippen LogP contribution in [0.15, 0.2) is 0 Å². The highest BCUT2D eigenvalue weighted by atomic mass is 35.5. The topological polar surface area (TPSA) is 0 Å². The Morgan fingerprint density at radius 1 is 0.867 bits per heavy atom. The molecule has 0 fully saturated rings. The molecule has 0 bridgehead atoms. The van der Waals surface area contributed by atoms with Crippen LogP contribution >= 0.6 is 24.2 Å². The Morgan fingerprint density at radius 3 is 1.47 bits per heavy atom. The van der Waals surface area contributed by atoms with Gasteiger partial charge in [0, 0.05) is 0 Å². The first-order valence-corrected chi connectivity index (χ1v) is 4.12. The number of halogens is 7. The Kier molecular flexibility index (Phi) is 3.16. The van der Waals surface area contributed by atoms with E-state index in [0.717, 1.165) is 0 Å². The van der Waals surface area contributed by atoms with E-state index in [9.17, 15) is 26.3 Å². The van der Waals surface area contributed by atoms with Gasteiger partial charge in [-0.3, -0.25) is 0 Å². The van der Waals surface area contributed by atoms with Crippen LogP contribution in [-0.4, -0.2) is 0 Å². The SMILES string of the molecule is Fc1c(F)c(C(F)(F)S)c(F)c(F)c1Cl. The molecule has 1 aromatic carbocycles. The Bertz CT molecular complexity index is 384. The summed E-state index contributed by atoms with van der Waals surface area (Å²) in [7, 11) is 0. The predicted octanol–water partition coefficient (Wildman–Crippen LogP) is 3.88. The van der Waals surface area contributed by atoms with Crippen molar-refractivity contribution in [2.45, 2.75) is 5.25 Å². The summed E-state index contributed by atoms with van der Waals surface area (Å²) in [6.45, 7) is 0. The number of hydrogen-bond acceptors (Lipinski definition) is 1. The molecule has 0 saturated carbocycles. The second-order valence-corrected chi connectivity index (χ2v) is 3.43. The summed E-state index contributed by atoms with van der Waals surface area (Å²) >= 11 is 7.33. The van der Waals surface area contributed by atoms with E-state index in [1.165, 1.54) is 0 Å². The third-order valence-electron chi connectivity index (χ3n) is 1.51. The highest BCUT2D eigenvalue weighted by Crippen LogP contribution is 2.39. The van der Waals surface area contributed by atoms with E-state index in [-0.39, 0.29) is 0 Å². The van der Waals surface area contributed by atoms with Crippen molar-refractivity contribution < 1.29 is 26.3 Å². The molecule has 0 saturated heterocycles. The summed E-state index contributed by atoms with van der Waals surface area (Å²) in [6.07, 6.45) is 0. The van der Waals surface area contributed by atoms with Crippen LogP contribution in [0, 0.1) is 23.3 Å². The molecule has 0 radical (unpaired) electrons. The van der Waals surface area contributed by atoms with Crippen LogP contribution in [0.2, 0.25) is 5.02 Å². The van der Waals surface area contributed by atoms with Gasteiger partial charge in [-0.05, 0) is 0 Å². The third-order valence-corrected chi connectivity index (χ3v) is 2.07. The minimum absolute atomic E-state index is 1.52. The minimum Gasteiger partial charge on any atom is -0.203 e. The van der Waals surface area contributed by atoms with Crippen molar-refractivity contribution in [3.63, 3.8) is 0 Å². The summed E-state index contributed by atoms with van der Waals surface area (Å²) in [5.74, 6) is -8.70. The summed E-state index contributed by atoms with van der Waals surface area (Å²) in [4.78, 5) is 0. The van der Waals surface area contributed by atoms with Gasteiger partial charge in [0.25, 0.3) is 0 Å². The van der Waals surface area contributed by atoms with Crippen molar-refractivity contribution >= 4 is 24.2 Å². The highest BCUT2D eigenvalue weighted by molar-refractivity contribution is 7.81. The van der Waals surface area contributed by atoms with Gasteiger partial charge >= 0.3 is 5.25 Å². The average molecular weight is 267 g/mol. The third kappa shape index (κ3) is 2.03. The molecule has 0 unspecified atom stereocenters. The highest BCUT2D eigenvalue weighted by Gasteiger charge is 2.38. The second kappa shape index (κ2) is 3.79. The molecule has 0 amide bonds. The fourth-order valence-electron chi connectivity index (χ4n) is 0.869. The van der Waals surface area contributed by atoms with Crippen LogP contribution in [-0.2, 0) is 5.25 Å². The van der Waals surface area contributed by atoms with Gasteiger partial charge in [-0.1, -0.05) is 11.6 Å². The maximum Gasteiger partial charge on any atom is 0.322 e. The lowest BCUT2D eigenvalue weighted by Crippen LogP contribution is -2.14. The maximum absolute atomic E-state index is 12.8. The molecule has 0 aliphatic carbocycles. The van der Waals surface area contributed by atoms with Crippen molar-refractivity contribution in [3.05, 3.63) is 33.9 Å². The van der Waals surface area contributed by atoms with E-state index in [4.69, 9.17) is 11.6 Å². The van der Waals surface area contributed by atoms with E-state index >= 15 is 0 Å². The summed E-state index contributed by atoms with van der Waals surface area (Å²) in [5.41, 5.74) is -2.11. The van der Waals surface area contributed by atoms with Gasteiger partial charge in [-0.25, -0.2) is 17.6 Å². The Labute approximate surface area is 90.2 Å². The lowest BCUT2D eigenvalue weighted by Gasteiger charge is -2.13. The van der Waals surface area contributed by atoms with Gasteiger partial charge in [0.15, 0.2) is 23.3 Å². The van der Waals surface area contributed by atoms with Crippen LogP contribution in [0.4, 0.5) is 26.3 Å². The molecule has 0 aliphatic heterocycles. The van der Waals surface area contributed by atoms with Crippen LogP contribution < -0.4 is 0 Å². The molecule has 0 spiro atoms. The molecule has 0 atom stereocenters. The van der Waals surface area contributed by atoms with E-state index in [0.29, 0.717) is 0 Å². The minimum atomic E-state index is -4.35. The van der Waals surface area contributed by atoms with Gasteiger partial charge in [0.05, 0.1) is 0 Å². The number of rotatable bonds is 1. The van der Waals surface area contributed by atoms with Crippen molar-refractivity contribution in [1.29, 1.82) is 0 Å². The zero-order valence-electron chi connectivity index (χ0n) is 6.59. The van der Waals surface area contributed by atoms with Crippen LogP contribution in [0.5, 0.6) is 0 Å². The summed E-state index contributed by atoms with van der Waals surface area (Å²) in [5, 5.41) is -5.87. The average Bonchev–Trinajstić information content (AvgIpc) is 2.09. The first kappa shape index (κ1) is 12.5. The van der Waals surface area contributed by atoms with Gasteiger partial charge in [0.1, 0.15) is 10.6 Å². The molecule has 0 aromatic heterocycles. The first-order chi connectivity index (χ1) is 6.68. The molecule has 84 valence electrons. The fourth-order valence-corrected chi connectivity index (χ4v) is 1.23. The van der Waals surface area contributed by atoms with Gasteiger partial charge in [0.2, 0.25) is 0 Å². The zero-order valence-corrected chi connectivity index (χ0v) is 8.24. The Hall–Kier alpha value is -0.560. The van der Waals surface area contributed by atoms with Crippen LogP contribution in [0.25, 0.3) is 0 Å². The van der Waals surface area contributed by atoms with E-state index in [1.54, 1.807) is 0 Å². The molecule has 1 rings (SSSR count). The van der Waals surface area contributed by atoms with Crippen LogP contribution in [0.1, 0.15) is 5.56 Å². The van der Waals surface area contributed by atoms with E-state index in [2.05, 4.69) is 12.6 Å². The van der Waals surface area contributed by atoms with Gasteiger partial charge in [-0.2, -0.15) is 8.78 Å². The molecule has 15 heavy (non-hydrogen) atoms. The number of hydrogen-bond donors (Lipinski definition) is 1. The quantitative estimate of drug-likeness (QED) is 0.339. The van der Waals surface area contributed by atoms with E-state index < -0.39 is 39.1 Å². The number of benzene rings is 1. The molecule has 0 aliphatic rings. The molecule has 1 aromatic rings. The second-order valence-electron chi connectivity index (χ2n) is 2.49. The van der Waals surface area contributed by atoms with Crippen molar-refractivity contribution in [2.24, 2.45) is 0 Å². The Morgan fingerprint density at radius 2 is 1.20 bits per heavy atom. The summed E-state index contributed by atoms with van der Waals surface area (Å²) in [6, 6.07) is 0. The van der Waals surface area contributed by atoms with Crippen molar-refractivity contribution in [1.82, 2.24) is 0 Å². The first-order valence-electron chi connectivity index (χ1n) is 3.30. The van der Waals surface area contributed by atoms with Gasteiger partial charge in [-0.15, -0.1) is 12.6 Å². The van der Waals surface area contributed by atoms with Crippen molar-refractivity contribution in [3.8, 4) is 0 Å². The Balaban J connectivity index is 3.68. The van der Waals surface area contributed by atoms with Crippen LogP contribution in [0.3, 0.4) is 0 Å². The molecule has 0 nitrogen and oxygen atoms in total. The number of thiol groups is 1. The zero-order chi connectivity index (χ0) is 12.0. The largest absolute Gasteiger partial charge is 0.322 e. The molecular formula is C7HClF6S. The molecule has 0 N–H and O–H groups in total. The fraction of sp³-hybridized carbons (Fsp3) is 0.143. The standard InChI is InChI=1S/C7HClF6S/c8-2-5(11)3(9)1(7(13,14)15)4(10)6(2)12/h15H. The smallest absolute Gasteiger partial charge is 0.203 e.